The van der Waals surface area contributed by atoms with Crippen molar-refractivity contribution in [3.05, 3.63) is 29.5 Å². The van der Waals surface area contributed by atoms with E-state index in [0.29, 0.717) is 26.3 Å². The summed E-state index contributed by atoms with van der Waals surface area (Å²) in [6.45, 7) is 1.99. The number of hydrogen-bond acceptors (Lipinski definition) is 4. The van der Waals surface area contributed by atoms with Crippen LogP contribution in [-0.4, -0.2) is 51.5 Å². The van der Waals surface area contributed by atoms with Gasteiger partial charge in [-0.25, -0.2) is 4.79 Å². The Labute approximate surface area is 148 Å². The molecule has 1 aliphatic rings. The van der Waals surface area contributed by atoms with Gasteiger partial charge >= 0.3 is 6.03 Å². The Morgan fingerprint density at radius 2 is 1.88 bits per heavy atom. The molecule has 0 bridgehead atoms. The van der Waals surface area contributed by atoms with Gasteiger partial charge < -0.3 is 24.1 Å². The number of carbonyl (C=O) groups is 1. The van der Waals surface area contributed by atoms with Gasteiger partial charge in [-0.2, -0.15) is 0 Å². The summed E-state index contributed by atoms with van der Waals surface area (Å²) in [4.78, 5) is 14.4. The zero-order valence-electron chi connectivity index (χ0n) is 15.0. The Morgan fingerprint density at radius 3 is 2.60 bits per heavy atom. The van der Waals surface area contributed by atoms with Crippen molar-refractivity contribution >= 4 is 22.7 Å². The van der Waals surface area contributed by atoms with Crippen LogP contribution in [0, 0.1) is 0 Å². The minimum Gasteiger partial charge on any atom is -0.459 e. The Bertz CT molecular complexity index is 718. The third-order valence-corrected chi connectivity index (χ3v) is 4.64. The number of amides is 2. The monoisotopic (exact) mass is 346 g/mol. The molecule has 6 heteroatoms. The van der Waals surface area contributed by atoms with E-state index in [0.717, 1.165) is 41.7 Å². The molecule has 0 saturated carbocycles. The lowest BCUT2D eigenvalue weighted by Gasteiger charge is -2.22. The third-order valence-electron chi connectivity index (χ3n) is 4.64. The van der Waals surface area contributed by atoms with Crippen LogP contribution in [-0.2, 0) is 22.3 Å². The molecular weight excluding hydrogens is 320 g/mol. The topological polar surface area (TPSA) is 63.9 Å². The van der Waals surface area contributed by atoms with Crippen LogP contribution in [0.3, 0.4) is 0 Å². The molecule has 1 aromatic carbocycles. The first kappa shape index (κ1) is 17.8. The van der Waals surface area contributed by atoms with Gasteiger partial charge in [0.25, 0.3) is 0 Å². The van der Waals surface area contributed by atoms with E-state index >= 15 is 0 Å². The number of nitrogens with zero attached hydrogens (tertiary/aromatic N) is 1. The maximum absolute atomic E-state index is 12.7. The second-order valence-corrected chi connectivity index (χ2v) is 6.30. The van der Waals surface area contributed by atoms with Crippen LogP contribution >= 0.6 is 0 Å². The number of rotatable bonds is 7. The molecule has 1 aliphatic carbocycles. The molecule has 0 spiro atoms. The first-order valence-electron chi connectivity index (χ1n) is 8.81. The molecule has 0 saturated heterocycles. The average molecular weight is 346 g/mol. The second kappa shape index (κ2) is 8.36. The molecule has 0 radical (unpaired) electrons. The Morgan fingerprint density at radius 1 is 1.16 bits per heavy atom. The summed E-state index contributed by atoms with van der Waals surface area (Å²) in [5, 5.41) is 4.11. The van der Waals surface area contributed by atoms with Crippen molar-refractivity contribution in [3.8, 4) is 0 Å². The number of anilines is 1. The number of carbonyl (C=O) groups excluding carboxylic acids is 1. The summed E-state index contributed by atoms with van der Waals surface area (Å²) in [6, 6.07) is 5.76. The van der Waals surface area contributed by atoms with Gasteiger partial charge in [-0.15, -0.1) is 0 Å². The molecule has 1 aromatic heterocycles. The summed E-state index contributed by atoms with van der Waals surface area (Å²) in [5.74, 6) is 1.07. The molecule has 1 heterocycles. The molecule has 2 aromatic rings. The van der Waals surface area contributed by atoms with Gasteiger partial charge in [0.15, 0.2) is 5.58 Å². The SMILES string of the molecule is COCCN(CCOC)C(=O)Nc1cccc2c3c(oc12)CCCC3. The number of benzene rings is 1. The lowest BCUT2D eigenvalue weighted by molar-refractivity contribution is 0.127. The van der Waals surface area contributed by atoms with Crippen molar-refractivity contribution in [1.82, 2.24) is 4.90 Å². The molecule has 136 valence electrons. The Kier molecular flexibility index (Phi) is 5.94. The summed E-state index contributed by atoms with van der Waals surface area (Å²) < 4.78 is 16.3. The zero-order valence-corrected chi connectivity index (χ0v) is 15.0. The van der Waals surface area contributed by atoms with Crippen LogP contribution in [0.5, 0.6) is 0 Å². The number of methoxy groups -OCH3 is 2. The van der Waals surface area contributed by atoms with Crippen LogP contribution in [0.4, 0.5) is 10.5 Å². The maximum Gasteiger partial charge on any atom is 0.322 e. The zero-order chi connectivity index (χ0) is 17.6. The van der Waals surface area contributed by atoms with Gasteiger partial charge in [0.1, 0.15) is 5.76 Å². The molecule has 0 atom stereocenters. The molecule has 2 amide bonds. The third kappa shape index (κ3) is 3.96. The predicted octanol–water partition coefficient (Wildman–Crippen LogP) is 3.44. The van der Waals surface area contributed by atoms with Crippen LogP contribution in [0.25, 0.3) is 11.0 Å². The van der Waals surface area contributed by atoms with Crippen LogP contribution < -0.4 is 5.32 Å². The molecule has 0 unspecified atom stereocenters. The highest BCUT2D eigenvalue weighted by molar-refractivity contribution is 6.00. The largest absolute Gasteiger partial charge is 0.459 e. The number of nitrogens with one attached hydrogen (secondary N) is 1. The molecule has 1 N–H and O–H groups in total. The van der Waals surface area contributed by atoms with Crippen LogP contribution in [0.15, 0.2) is 22.6 Å². The number of urea groups is 1. The van der Waals surface area contributed by atoms with Gasteiger partial charge in [0.05, 0.1) is 18.9 Å². The van der Waals surface area contributed by atoms with E-state index in [2.05, 4.69) is 11.4 Å². The summed E-state index contributed by atoms with van der Waals surface area (Å²) in [5.41, 5.74) is 2.80. The fourth-order valence-corrected chi connectivity index (χ4v) is 3.29. The highest BCUT2D eigenvalue weighted by Gasteiger charge is 2.21. The molecule has 0 aliphatic heterocycles. The number of ether oxygens (including phenoxy) is 2. The van der Waals surface area contributed by atoms with E-state index in [9.17, 15) is 4.79 Å². The highest BCUT2D eigenvalue weighted by Crippen LogP contribution is 2.35. The Hall–Kier alpha value is -2.05. The summed E-state index contributed by atoms with van der Waals surface area (Å²) >= 11 is 0. The molecular formula is C19H26N2O4. The fourth-order valence-electron chi connectivity index (χ4n) is 3.29. The molecule has 3 rings (SSSR count). The number of hydrogen-bond donors (Lipinski definition) is 1. The average Bonchev–Trinajstić information content (AvgIpc) is 3.01. The number of furan rings is 1. The predicted molar refractivity (Wildman–Crippen MR) is 97.2 cm³/mol. The quantitative estimate of drug-likeness (QED) is 0.834. The molecule has 0 fully saturated rings. The second-order valence-electron chi connectivity index (χ2n) is 6.30. The first-order valence-corrected chi connectivity index (χ1v) is 8.81. The van der Waals surface area contributed by atoms with Crippen molar-refractivity contribution in [2.75, 3.05) is 45.8 Å². The first-order chi connectivity index (χ1) is 12.2. The lowest BCUT2D eigenvalue weighted by Crippen LogP contribution is -2.39. The van der Waals surface area contributed by atoms with Gasteiger partial charge in [0.2, 0.25) is 0 Å². The van der Waals surface area contributed by atoms with Crippen molar-refractivity contribution in [2.45, 2.75) is 25.7 Å². The standard InChI is InChI=1S/C19H26N2O4/c1-23-12-10-21(11-13-24-2)19(22)20-16-8-5-7-15-14-6-3-4-9-17(14)25-18(15)16/h5,7-8H,3-4,6,9-13H2,1-2H3,(H,20,22). The highest BCUT2D eigenvalue weighted by atomic mass is 16.5. The van der Waals surface area contributed by atoms with Crippen molar-refractivity contribution in [1.29, 1.82) is 0 Å². The maximum atomic E-state index is 12.7. The van der Waals surface area contributed by atoms with Gasteiger partial charge in [-0.1, -0.05) is 12.1 Å². The van der Waals surface area contributed by atoms with Crippen molar-refractivity contribution in [2.24, 2.45) is 0 Å². The minimum atomic E-state index is -0.170. The van der Waals surface area contributed by atoms with Gasteiger partial charge in [0, 0.05) is 44.7 Å². The molecule has 6 nitrogen and oxygen atoms in total. The Balaban J connectivity index is 1.81. The van der Waals surface area contributed by atoms with E-state index in [4.69, 9.17) is 13.9 Å². The van der Waals surface area contributed by atoms with Crippen LogP contribution in [0.1, 0.15) is 24.2 Å². The van der Waals surface area contributed by atoms with Gasteiger partial charge in [-0.3, -0.25) is 0 Å². The van der Waals surface area contributed by atoms with E-state index in [1.165, 1.54) is 12.0 Å². The minimum absolute atomic E-state index is 0.170. The van der Waals surface area contributed by atoms with E-state index in [1.807, 2.05) is 12.1 Å². The van der Waals surface area contributed by atoms with E-state index < -0.39 is 0 Å². The van der Waals surface area contributed by atoms with Crippen LogP contribution in [0.2, 0.25) is 0 Å². The van der Waals surface area contributed by atoms with Gasteiger partial charge in [-0.05, 0) is 25.3 Å². The van der Waals surface area contributed by atoms with Crippen molar-refractivity contribution < 1.29 is 18.7 Å². The smallest absolute Gasteiger partial charge is 0.322 e. The number of aryl methyl sites for hydroxylation is 2. The normalized spacial score (nSPS) is 13.7. The van der Waals surface area contributed by atoms with E-state index in [1.54, 1.807) is 19.1 Å². The molecule has 25 heavy (non-hydrogen) atoms. The fraction of sp³-hybridized carbons (Fsp3) is 0.526. The summed E-state index contributed by atoms with van der Waals surface area (Å²) in [7, 11) is 3.25. The lowest BCUT2D eigenvalue weighted by atomic mass is 9.96. The number of fused-ring (bicyclic) bond motifs is 3. The van der Waals surface area contributed by atoms with E-state index in [-0.39, 0.29) is 6.03 Å². The van der Waals surface area contributed by atoms with Crippen molar-refractivity contribution in [3.63, 3.8) is 0 Å². The summed E-state index contributed by atoms with van der Waals surface area (Å²) in [6.07, 6.45) is 4.38. The number of para-hydroxylation sites is 1.